The van der Waals surface area contributed by atoms with Gasteiger partial charge >= 0.3 is 0 Å². The van der Waals surface area contributed by atoms with Crippen molar-refractivity contribution >= 4 is 27.4 Å². The highest BCUT2D eigenvalue weighted by molar-refractivity contribution is 7.18. The number of hydrogen-bond acceptors (Lipinski definition) is 5. The van der Waals surface area contributed by atoms with Gasteiger partial charge in [-0.05, 0) is 44.1 Å². The second kappa shape index (κ2) is 5.89. The molecular formula is C16H21N3OS. The topological polar surface area (TPSA) is 47.0 Å². The zero-order valence-electron chi connectivity index (χ0n) is 12.2. The Morgan fingerprint density at radius 1 is 1.19 bits per heavy atom. The van der Waals surface area contributed by atoms with E-state index >= 15 is 0 Å². The monoisotopic (exact) mass is 303 g/mol. The molecule has 0 radical (unpaired) electrons. The summed E-state index contributed by atoms with van der Waals surface area (Å²) in [7, 11) is 0. The number of fused-ring (bicyclic) bond motifs is 3. The van der Waals surface area contributed by atoms with Crippen molar-refractivity contribution in [2.24, 2.45) is 0 Å². The molecule has 0 saturated carbocycles. The summed E-state index contributed by atoms with van der Waals surface area (Å²) < 4.78 is 5.70. The SMILES string of the molecule is c1nc(NC[C@H]2CCCO2)c2c3c(sc2n1)CCCCC3. The van der Waals surface area contributed by atoms with Crippen LogP contribution in [0.15, 0.2) is 6.33 Å². The Bertz CT molecular complexity index is 634. The number of thiophene rings is 1. The number of aromatic nitrogens is 2. The minimum Gasteiger partial charge on any atom is -0.376 e. The molecule has 0 aromatic carbocycles. The van der Waals surface area contributed by atoms with E-state index in [1.54, 1.807) is 6.33 Å². The third kappa shape index (κ3) is 2.64. The molecular weight excluding hydrogens is 282 g/mol. The predicted molar refractivity (Wildman–Crippen MR) is 86.1 cm³/mol. The molecule has 0 bridgehead atoms. The van der Waals surface area contributed by atoms with Crippen molar-refractivity contribution in [1.29, 1.82) is 0 Å². The minimum absolute atomic E-state index is 0.340. The van der Waals surface area contributed by atoms with Gasteiger partial charge in [0, 0.05) is 18.0 Å². The molecule has 2 aromatic rings. The average molecular weight is 303 g/mol. The maximum Gasteiger partial charge on any atom is 0.138 e. The molecule has 0 unspecified atom stereocenters. The number of ether oxygens (including phenoxy) is 1. The summed E-state index contributed by atoms with van der Waals surface area (Å²) in [6.07, 6.45) is 10.7. The van der Waals surface area contributed by atoms with Crippen LogP contribution in [-0.2, 0) is 17.6 Å². The second-order valence-electron chi connectivity index (χ2n) is 5.98. The molecule has 1 fully saturated rings. The first-order valence-corrected chi connectivity index (χ1v) is 8.84. The quantitative estimate of drug-likeness (QED) is 0.881. The van der Waals surface area contributed by atoms with Gasteiger partial charge in [0.15, 0.2) is 0 Å². The van der Waals surface area contributed by atoms with Crippen molar-refractivity contribution in [2.75, 3.05) is 18.5 Å². The first-order chi connectivity index (χ1) is 10.4. The third-order valence-electron chi connectivity index (χ3n) is 4.52. The standard InChI is InChI=1S/C16H21N3OS/c1-2-6-12-13(7-3-1)21-16-14(12)15(18-10-19-16)17-9-11-5-4-8-20-11/h10-11H,1-9H2,(H,17,18,19)/t11-/m1/s1. The van der Waals surface area contributed by atoms with Crippen molar-refractivity contribution in [1.82, 2.24) is 9.97 Å². The summed E-state index contributed by atoms with van der Waals surface area (Å²) in [5, 5.41) is 4.79. The number of nitrogens with zero attached hydrogens (tertiary/aromatic N) is 2. The molecule has 4 rings (SSSR count). The lowest BCUT2D eigenvalue weighted by Gasteiger charge is -2.12. The zero-order valence-corrected chi connectivity index (χ0v) is 13.0. The van der Waals surface area contributed by atoms with Gasteiger partial charge in [-0.25, -0.2) is 9.97 Å². The van der Waals surface area contributed by atoms with Gasteiger partial charge in [0.1, 0.15) is 17.0 Å². The summed E-state index contributed by atoms with van der Waals surface area (Å²) in [6, 6.07) is 0. The van der Waals surface area contributed by atoms with Crippen molar-refractivity contribution in [2.45, 2.75) is 51.0 Å². The maximum absolute atomic E-state index is 5.70. The summed E-state index contributed by atoms with van der Waals surface area (Å²) in [5.41, 5.74) is 1.50. The van der Waals surface area contributed by atoms with Crippen molar-refractivity contribution in [3.05, 3.63) is 16.8 Å². The number of rotatable bonds is 3. The van der Waals surface area contributed by atoms with Gasteiger partial charge in [-0.1, -0.05) is 6.42 Å². The van der Waals surface area contributed by atoms with Crippen LogP contribution in [0.25, 0.3) is 10.2 Å². The van der Waals surface area contributed by atoms with Crippen LogP contribution >= 0.6 is 11.3 Å². The van der Waals surface area contributed by atoms with Crippen molar-refractivity contribution in [3.8, 4) is 0 Å². The fraction of sp³-hybridized carbons (Fsp3) is 0.625. The predicted octanol–water partition coefficient (Wildman–Crippen LogP) is 3.55. The van der Waals surface area contributed by atoms with Gasteiger partial charge < -0.3 is 10.1 Å². The fourth-order valence-electron chi connectivity index (χ4n) is 3.42. The van der Waals surface area contributed by atoms with Crippen LogP contribution in [0.2, 0.25) is 0 Å². The van der Waals surface area contributed by atoms with Crippen LogP contribution in [0.4, 0.5) is 5.82 Å². The smallest absolute Gasteiger partial charge is 0.138 e. The number of hydrogen-bond donors (Lipinski definition) is 1. The van der Waals surface area contributed by atoms with E-state index in [9.17, 15) is 0 Å². The van der Waals surface area contributed by atoms with E-state index < -0.39 is 0 Å². The molecule has 2 aromatic heterocycles. The lowest BCUT2D eigenvalue weighted by molar-refractivity contribution is 0.120. The maximum atomic E-state index is 5.70. The van der Waals surface area contributed by atoms with Gasteiger partial charge in [0.25, 0.3) is 0 Å². The molecule has 5 heteroatoms. The number of aryl methyl sites for hydroxylation is 2. The molecule has 2 aliphatic rings. The molecule has 1 atom stereocenters. The second-order valence-corrected chi connectivity index (χ2v) is 7.07. The van der Waals surface area contributed by atoms with Gasteiger partial charge in [-0.15, -0.1) is 11.3 Å². The molecule has 4 nitrogen and oxygen atoms in total. The fourth-order valence-corrected chi connectivity index (χ4v) is 4.65. The summed E-state index contributed by atoms with van der Waals surface area (Å²) >= 11 is 1.86. The largest absolute Gasteiger partial charge is 0.376 e. The van der Waals surface area contributed by atoms with E-state index in [1.807, 2.05) is 11.3 Å². The normalized spacial score (nSPS) is 22.2. The van der Waals surface area contributed by atoms with Gasteiger partial charge in [0.05, 0.1) is 11.5 Å². The average Bonchev–Trinajstić information content (AvgIpc) is 3.08. The molecule has 1 aliphatic carbocycles. The van der Waals surface area contributed by atoms with Crippen molar-refractivity contribution in [3.63, 3.8) is 0 Å². The van der Waals surface area contributed by atoms with Gasteiger partial charge in [-0.3, -0.25) is 0 Å². The van der Waals surface area contributed by atoms with E-state index in [0.29, 0.717) is 6.10 Å². The number of nitrogens with one attached hydrogen (secondary N) is 1. The Labute approximate surface area is 128 Å². The van der Waals surface area contributed by atoms with Crippen LogP contribution in [0.3, 0.4) is 0 Å². The highest BCUT2D eigenvalue weighted by Gasteiger charge is 2.20. The molecule has 1 aliphatic heterocycles. The van der Waals surface area contributed by atoms with Crippen molar-refractivity contribution < 1.29 is 4.74 Å². The van der Waals surface area contributed by atoms with E-state index in [4.69, 9.17) is 4.74 Å². The Hall–Kier alpha value is -1.20. The molecule has 1 N–H and O–H groups in total. The molecule has 21 heavy (non-hydrogen) atoms. The van der Waals surface area contributed by atoms with Gasteiger partial charge in [-0.2, -0.15) is 0 Å². The zero-order chi connectivity index (χ0) is 14.1. The molecule has 112 valence electrons. The van der Waals surface area contributed by atoms with Crippen LogP contribution in [-0.4, -0.2) is 29.2 Å². The van der Waals surface area contributed by atoms with E-state index in [0.717, 1.165) is 30.2 Å². The highest BCUT2D eigenvalue weighted by atomic mass is 32.1. The summed E-state index contributed by atoms with van der Waals surface area (Å²) in [5.74, 6) is 1.01. The van der Waals surface area contributed by atoms with E-state index in [2.05, 4.69) is 15.3 Å². The molecule has 1 saturated heterocycles. The highest BCUT2D eigenvalue weighted by Crippen LogP contribution is 2.37. The van der Waals surface area contributed by atoms with Gasteiger partial charge in [0.2, 0.25) is 0 Å². The minimum atomic E-state index is 0.340. The first-order valence-electron chi connectivity index (χ1n) is 8.02. The Morgan fingerprint density at radius 2 is 2.14 bits per heavy atom. The summed E-state index contributed by atoms with van der Waals surface area (Å²) in [4.78, 5) is 11.7. The Balaban J connectivity index is 1.65. The molecule has 3 heterocycles. The Kier molecular flexibility index (Phi) is 3.78. The van der Waals surface area contributed by atoms with Crippen LogP contribution in [0.5, 0.6) is 0 Å². The Morgan fingerprint density at radius 3 is 3.05 bits per heavy atom. The lowest BCUT2D eigenvalue weighted by Crippen LogP contribution is -2.19. The molecule has 0 spiro atoms. The number of anilines is 1. The first kappa shape index (κ1) is 13.5. The third-order valence-corrected chi connectivity index (χ3v) is 5.72. The van der Waals surface area contributed by atoms with E-state index in [-0.39, 0.29) is 0 Å². The van der Waals surface area contributed by atoms with E-state index in [1.165, 1.54) is 54.4 Å². The molecule has 0 amide bonds. The summed E-state index contributed by atoms with van der Waals surface area (Å²) in [6.45, 7) is 1.76. The lowest BCUT2D eigenvalue weighted by atomic mass is 10.1. The van der Waals surface area contributed by atoms with Crippen LogP contribution < -0.4 is 5.32 Å². The van der Waals surface area contributed by atoms with Crippen LogP contribution in [0, 0.1) is 0 Å². The van der Waals surface area contributed by atoms with Crippen LogP contribution in [0.1, 0.15) is 42.5 Å².